The molecule has 0 aliphatic carbocycles. The molecule has 3 aromatic rings. The number of anilines is 1. The molecule has 0 fully saturated rings. The van der Waals surface area contributed by atoms with Crippen LogP contribution < -0.4 is 5.32 Å². The van der Waals surface area contributed by atoms with Crippen LogP contribution in [0.1, 0.15) is 22.3 Å². The topological polar surface area (TPSA) is 84.3 Å². The van der Waals surface area contributed by atoms with E-state index in [2.05, 4.69) is 10.3 Å². The number of carbonyl (C=O) groups excluding carboxylic acids is 1. The van der Waals surface area contributed by atoms with Crippen LogP contribution in [-0.2, 0) is 47.4 Å². The lowest BCUT2D eigenvalue weighted by molar-refractivity contribution is -0.140. The molecule has 0 atom stereocenters. The van der Waals surface area contributed by atoms with Crippen LogP contribution in [0, 0.1) is 5.82 Å². The number of amides is 1. The first kappa shape index (κ1) is 25.1. The number of sulfonamides is 1. The third-order valence-corrected chi connectivity index (χ3v) is 7.62. The molecule has 1 aliphatic rings. The van der Waals surface area contributed by atoms with Crippen molar-refractivity contribution in [2.24, 2.45) is 7.05 Å². The molecule has 1 N–H and O–H groups in total. The standard InChI is InChI=1S/C22H19ClF4N4O3S/c1-30-11-20(28-12-30)35(33,34)31-7-6-15-14(10-31)3-5-17(23)21(15)29-19(32)9-13-2-4-16(18(24)8-13)22(25,26)27/h2-5,8,11-12H,6-7,9-10H2,1H3,(H,29,32). The predicted octanol–water partition coefficient (Wildman–Crippen LogP) is 4.16. The van der Waals surface area contributed by atoms with Crippen LogP contribution in [0.5, 0.6) is 0 Å². The van der Waals surface area contributed by atoms with Crippen molar-refractivity contribution in [3.05, 3.63) is 75.9 Å². The number of imidazole rings is 1. The summed E-state index contributed by atoms with van der Waals surface area (Å²) in [6.45, 7) is 0.164. The molecule has 0 unspecified atom stereocenters. The zero-order valence-electron chi connectivity index (χ0n) is 18.2. The number of nitrogens with one attached hydrogen (secondary N) is 1. The first-order valence-electron chi connectivity index (χ1n) is 10.3. The maximum Gasteiger partial charge on any atom is 0.419 e. The maximum atomic E-state index is 13.8. The first-order valence-corrected chi connectivity index (χ1v) is 12.1. The number of aromatic nitrogens is 2. The molecule has 0 spiro atoms. The molecule has 0 bridgehead atoms. The third kappa shape index (κ3) is 5.19. The normalized spacial score (nSPS) is 14.6. The van der Waals surface area contributed by atoms with Crippen LogP contribution in [0.25, 0.3) is 0 Å². The summed E-state index contributed by atoms with van der Waals surface area (Å²) >= 11 is 6.29. The zero-order valence-corrected chi connectivity index (χ0v) is 19.8. The Hall–Kier alpha value is -2.96. The minimum Gasteiger partial charge on any atom is -0.339 e. The van der Waals surface area contributed by atoms with E-state index in [1.54, 1.807) is 13.1 Å². The van der Waals surface area contributed by atoms with E-state index in [9.17, 15) is 30.8 Å². The lowest BCUT2D eigenvalue weighted by Crippen LogP contribution is -2.36. The van der Waals surface area contributed by atoms with Gasteiger partial charge in [-0.05, 0) is 41.3 Å². The van der Waals surface area contributed by atoms with Crippen molar-refractivity contribution >= 4 is 33.2 Å². The fourth-order valence-corrected chi connectivity index (χ4v) is 5.47. The lowest BCUT2D eigenvalue weighted by Gasteiger charge is -2.29. The summed E-state index contributed by atoms with van der Waals surface area (Å²) in [5.74, 6) is -2.07. The lowest BCUT2D eigenvalue weighted by atomic mass is 9.98. The average Bonchev–Trinajstić information content (AvgIpc) is 3.21. The van der Waals surface area contributed by atoms with Gasteiger partial charge in [-0.3, -0.25) is 4.79 Å². The molecule has 13 heteroatoms. The number of carbonyl (C=O) groups is 1. The summed E-state index contributed by atoms with van der Waals surface area (Å²) in [5, 5.41) is 2.79. The van der Waals surface area contributed by atoms with Crippen LogP contribution in [0.4, 0.5) is 23.2 Å². The molecule has 2 aromatic carbocycles. The van der Waals surface area contributed by atoms with E-state index in [1.165, 1.54) is 27.5 Å². The van der Waals surface area contributed by atoms with Gasteiger partial charge in [0, 0.05) is 26.3 Å². The van der Waals surface area contributed by atoms with E-state index < -0.39 is 33.5 Å². The highest BCUT2D eigenvalue weighted by molar-refractivity contribution is 7.89. The highest BCUT2D eigenvalue weighted by Gasteiger charge is 2.34. The SMILES string of the molecule is Cn1cnc(S(=O)(=O)N2CCc3c(ccc(Cl)c3NC(=O)Cc3ccc(C(F)(F)F)c(F)c3)C2)c1. The number of nitrogens with zero attached hydrogens (tertiary/aromatic N) is 3. The molecular weight excluding hydrogens is 512 g/mol. The number of fused-ring (bicyclic) bond motifs is 1. The molecule has 35 heavy (non-hydrogen) atoms. The Kier molecular flexibility index (Phi) is 6.64. The van der Waals surface area contributed by atoms with Crippen LogP contribution in [0.3, 0.4) is 0 Å². The minimum atomic E-state index is -4.83. The summed E-state index contributed by atoms with van der Waals surface area (Å²) in [6, 6.07) is 5.48. The molecule has 1 aliphatic heterocycles. The van der Waals surface area contributed by atoms with Crippen molar-refractivity contribution in [1.29, 1.82) is 0 Å². The molecular formula is C22H19ClF4N4O3S. The van der Waals surface area contributed by atoms with Crippen LogP contribution in [0.15, 0.2) is 47.9 Å². The van der Waals surface area contributed by atoms with Crippen molar-refractivity contribution in [3.8, 4) is 0 Å². The molecule has 1 aromatic heterocycles. The van der Waals surface area contributed by atoms with Gasteiger partial charge < -0.3 is 9.88 Å². The Morgan fingerprint density at radius 1 is 1.23 bits per heavy atom. The van der Waals surface area contributed by atoms with E-state index in [0.717, 1.165) is 6.07 Å². The van der Waals surface area contributed by atoms with E-state index >= 15 is 0 Å². The van der Waals surface area contributed by atoms with Gasteiger partial charge in [0.1, 0.15) is 5.82 Å². The predicted molar refractivity (Wildman–Crippen MR) is 120 cm³/mol. The Morgan fingerprint density at radius 2 is 1.97 bits per heavy atom. The fourth-order valence-electron chi connectivity index (χ4n) is 3.86. The quantitative estimate of drug-likeness (QED) is 0.502. The second kappa shape index (κ2) is 9.25. The number of hydrogen-bond donors (Lipinski definition) is 1. The smallest absolute Gasteiger partial charge is 0.339 e. The average molecular weight is 531 g/mol. The molecule has 0 saturated heterocycles. The van der Waals surface area contributed by atoms with E-state index in [-0.39, 0.29) is 47.2 Å². The second-order valence-electron chi connectivity index (χ2n) is 8.06. The van der Waals surface area contributed by atoms with Crippen molar-refractivity contribution in [2.45, 2.75) is 30.6 Å². The minimum absolute atomic E-state index is 0.0401. The van der Waals surface area contributed by atoms with Crippen molar-refractivity contribution in [2.75, 3.05) is 11.9 Å². The van der Waals surface area contributed by atoms with Gasteiger partial charge >= 0.3 is 6.18 Å². The number of rotatable bonds is 5. The van der Waals surface area contributed by atoms with Crippen molar-refractivity contribution in [1.82, 2.24) is 13.9 Å². The van der Waals surface area contributed by atoms with E-state index in [0.29, 0.717) is 23.3 Å². The van der Waals surface area contributed by atoms with Gasteiger partial charge in [-0.1, -0.05) is 23.7 Å². The number of hydrogen-bond acceptors (Lipinski definition) is 4. The summed E-state index contributed by atoms with van der Waals surface area (Å²) in [4.78, 5) is 16.5. The summed E-state index contributed by atoms with van der Waals surface area (Å²) in [6.07, 6.45) is -2.16. The summed E-state index contributed by atoms with van der Waals surface area (Å²) in [7, 11) is -2.16. The van der Waals surface area contributed by atoms with Crippen LogP contribution in [0.2, 0.25) is 5.02 Å². The monoisotopic (exact) mass is 530 g/mol. The first-order chi connectivity index (χ1) is 16.4. The van der Waals surface area contributed by atoms with Crippen molar-refractivity contribution in [3.63, 3.8) is 0 Å². The summed E-state index contributed by atoms with van der Waals surface area (Å²) in [5.41, 5.74) is 0.220. The highest BCUT2D eigenvalue weighted by atomic mass is 35.5. The Balaban J connectivity index is 1.52. The van der Waals surface area contributed by atoms with Crippen LogP contribution >= 0.6 is 11.6 Å². The maximum absolute atomic E-state index is 13.8. The van der Waals surface area contributed by atoms with Gasteiger partial charge in [0.25, 0.3) is 10.0 Å². The van der Waals surface area contributed by atoms with Gasteiger partial charge in [-0.25, -0.2) is 17.8 Å². The Bertz CT molecular complexity index is 1410. The number of halogens is 5. The molecule has 0 radical (unpaired) electrons. The Morgan fingerprint density at radius 3 is 2.60 bits per heavy atom. The van der Waals surface area contributed by atoms with Crippen molar-refractivity contribution < 1.29 is 30.8 Å². The number of alkyl halides is 3. The highest BCUT2D eigenvalue weighted by Crippen LogP contribution is 2.35. The largest absolute Gasteiger partial charge is 0.419 e. The second-order valence-corrected chi connectivity index (χ2v) is 10.4. The van der Waals surface area contributed by atoms with Gasteiger partial charge in [0.15, 0.2) is 5.03 Å². The van der Waals surface area contributed by atoms with Gasteiger partial charge in [-0.15, -0.1) is 0 Å². The fraction of sp³-hybridized carbons (Fsp3) is 0.273. The molecule has 186 valence electrons. The molecule has 0 saturated carbocycles. The number of aryl methyl sites for hydroxylation is 1. The zero-order chi connectivity index (χ0) is 25.5. The molecule has 1 amide bonds. The van der Waals surface area contributed by atoms with E-state index in [4.69, 9.17) is 11.6 Å². The van der Waals surface area contributed by atoms with Crippen LogP contribution in [-0.4, -0.2) is 34.7 Å². The number of benzene rings is 2. The molecule has 2 heterocycles. The molecule has 4 rings (SSSR count). The Labute approximate surface area is 203 Å². The molecule has 7 nitrogen and oxygen atoms in total. The van der Waals surface area contributed by atoms with Gasteiger partial charge in [0.05, 0.1) is 29.0 Å². The van der Waals surface area contributed by atoms with Gasteiger partial charge in [0.2, 0.25) is 5.91 Å². The third-order valence-electron chi connectivity index (χ3n) is 5.57. The van der Waals surface area contributed by atoms with Gasteiger partial charge in [-0.2, -0.15) is 17.5 Å². The van der Waals surface area contributed by atoms with E-state index in [1.807, 2.05) is 0 Å². The summed E-state index contributed by atoms with van der Waals surface area (Å²) < 4.78 is 80.7.